The molecular weight excluding hydrogens is 168 g/mol. The van der Waals surface area contributed by atoms with Gasteiger partial charge in [0.15, 0.2) is 0 Å². The molecule has 1 atom stereocenters. The molecule has 0 saturated carbocycles. The van der Waals surface area contributed by atoms with Gasteiger partial charge in [-0.05, 0) is 31.5 Å². The normalized spacial score (nSPS) is 29.7. The molecule has 0 bridgehead atoms. The maximum Gasteiger partial charge on any atom is 0.0830 e. The van der Waals surface area contributed by atoms with E-state index in [0.29, 0.717) is 6.54 Å². The maximum atomic E-state index is 10.00. The highest BCUT2D eigenvalue weighted by atomic mass is 16.3. The first-order valence-corrected chi connectivity index (χ1v) is 4.66. The largest absolute Gasteiger partial charge is 0.388 e. The summed E-state index contributed by atoms with van der Waals surface area (Å²) >= 11 is 0. The van der Waals surface area contributed by atoms with Crippen molar-refractivity contribution in [1.82, 2.24) is 4.90 Å². The molecule has 1 aliphatic heterocycles. The van der Waals surface area contributed by atoms with Crippen molar-refractivity contribution in [3.8, 4) is 0 Å². The Labute approximate surface area is 78.0 Å². The molecule has 1 saturated heterocycles. The van der Waals surface area contributed by atoms with Gasteiger partial charge in [0.1, 0.15) is 0 Å². The van der Waals surface area contributed by atoms with Crippen LogP contribution in [0.25, 0.3) is 10.4 Å². The molecular formula is C8H16N4O. The highest BCUT2D eigenvalue weighted by Gasteiger charge is 2.31. The minimum Gasteiger partial charge on any atom is -0.388 e. The van der Waals surface area contributed by atoms with E-state index < -0.39 is 5.60 Å². The highest BCUT2D eigenvalue weighted by molar-refractivity contribution is 4.88. The molecule has 5 nitrogen and oxygen atoms in total. The van der Waals surface area contributed by atoms with Crippen LogP contribution in [0.15, 0.2) is 5.11 Å². The van der Waals surface area contributed by atoms with Crippen LogP contribution < -0.4 is 0 Å². The predicted octanol–water partition coefficient (Wildman–Crippen LogP) is 1.14. The second kappa shape index (κ2) is 4.46. The second-order valence-electron chi connectivity index (χ2n) is 3.59. The Morgan fingerprint density at radius 2 is 2.46 bits per heavy atom. The van der Waals surface area contributed by atoms with E-state index >= 15 is 0 Å². The number of hydrogen-bond donors (Lipinski definition) is 1. The number of aliphatic hydroxyl groups is 1. The van der Waals surface area contributed by atoms with Gasteiger partial charge in [0.2, 0.25) is 0 Å². The van der Waals surface area contributed by atoms with Crippen molar-refractivity contribution in [1.29, 1.82) is 0 Å². The van der Waals surface area contributed by atoms with E-state index in [2.05, 4.69) is 21.8 Å². The third-order valence-electron chi connectivity index (χ3n) is 2.51. The average Bonchev–Trinajstić information content (AvgIpc) is 2.15. The zero-order chi connectivity index (χ0) is 9.73. The summed E-state index contributed by atoms with van der Waals surface area (Å²) in [6, 6.07) is 0. The lowest BCUT2D eigenvalue weighted by Crippen LogP contribution is -2.49. The van der Waals surface area contributed by atoms with E-state index in [-0.39, 0.29) is 6.54 Å². The monoisotopic (exact) mass is 184 g/mol. The number of likely N-dealkylation sites (tertiary alicyclic amines) is 1. The van der Waals surface area contributed by atoms with Gasteiger partial charge in [-0.15, -0.1) is 0 Å². The molecule has 1 fully saturated rings. The number of β-amino-alcohol motifs (C(OH)–C–C–N with tert-alkyl or cyclic N) is 1. The fourth-order valence-corrected chi connectivity index (χ4v) is 1.77. The van der Waals surface area contributed by atoms with Crippen molar-refractivity contribution in [2.24, 2.45) is 5.11 Å². The SMILES string of the molecule is CCN1CCC[C@@](O)(CN=[N+]=[N-])C1. The van der Waals surface area contributed by atoms with E-state index in [1.807, 2.05) is 0 Å². The van der Waals surface area contributed by atoms with Crippen LogP contribution in [0.3, 0.4) is 0 Å². The molecule has 0 aliphatic carbocycles. The molecule has 0 aromatic carbocycles. The molecule has 0 unspecified atom stereocenters. The molecule has 0 aromatic heterocycles. The second-order valence-corrected chi connectivity index (χ2v) is 3.59. The summed E-state index contributed by atoms with van der Waals surface area (Å²) in [5.41, 5.74) is 7.38. The Morgan fingerprint density at radius 3 is 3.08 bits per heavy atom. The number of hydrogen-bond acceptors (Lipinski definition) is 3. The van der Waals surface area contributed by atoms with Crippen LogP contribution in [0.2, 0.25) is 0 Å². The Morgan fingerprint density at radius 1 is 1.69 bits per heavy atom. The van der Waals surface area contributed by atoms with Gasteiger partial charge in [0.25, 0.3) is 0 Å². The first-order valence-electron chi connectivity index (χ1n) is 4.66. The molecule has 0 aromatic rings. The average molecular weight is 184 g/mol. The molecule has 1 heterocycles. The lowest BCUT2D eigenvalue weighted by atomic mass is 9.93. The highest BCUT2D eigenvalue weighted by Crippen LogP contribution is 2.21. The number of piperidine rings is 1. The summed E-state index contributed by atoms with van der Waals surface area (Å²) in [5.74, 6) is 0. The zero-order valence-electron chi connectivity index (χ0n) is 7.98. The fourth-order valence-electron chi connectivity index (χ4n) is 1.77. The first kappa shape index (κ1) is 10.3. The molecule has 0 radical (unpaired) electrons. The van der Waals surface area contributed by atoms with E-state index in [1.54, 1.807) is 0 Å². The number of nitrogens with zero attached hydrogens (tertiary/aromatic N) is 4. The topological polar surface area (TPSA) is 72.2 Å². The molecule has 1 aliphatic rings. The van der Waals surface area contributed by atoms with E-state index in [1.165, 1.54) is 0 Å². The van der Waals surface area contributed by atoms with Gasteiger partial charge >= 0.3 is 0 Å². The van der Waals surface area contributed by atoms with Gasteiger partial charge in [-0.25, -0.2) is 0 Å². The summed E-state index contributed by atoms with van der Waals surface area (Å²) in [5, 5.41) is 13.4. The lowest BCUT2D eigenvalue weighted by Gasteiger charge is -2.37. The molecule has 0 spiro atoms. The van der Waals surface area contributed by atoms with E-state index in [0.717, 1.165) is 25.9 Å². The Balaban J connectivity index is 2.51. The molecule has 13 heavy (non-hydrogen) atoms. The lowest BCUT2D eigenvalue weighted by molar-refractivity contribution is -0.0214. The van der Waals surface area contributed by atoms with E-state index in [9.17, 15) is 5.11 Å². The van der Waals surface area contributed by atoms with Crippen LogP contribution >= 0.6 is 0 Å². The smallest absolute Gasteiger partial charge is 0.0830 e. The quantitative estimate of drug-likeness (QED) is 0.406. The number of rotatable bonds is 3. The Bertz CT molecular complexity index is 214. The van der Waals surface area contributed by atoms with Crippen molar-refractivity contribution in [3.63, 3.8) is 0 Å². The first-order chi connectivity index (χ1) is 6.20. The molecule has 0 amide bonds. The van der Waals surface area contributed by atoms with Gasteiger partial charge in [-0.2, -0.15) is 0 Å². The van der Waals surface area contributed by atoms with Gasteiger partial charge in [0.05, 0.1) is 12.1 Å². The van der Waals surface area contributed by atoms with Gasteiger partial charge in [0, 0.05) is 11.5 Å². The van der Waals surface area contributed by atoms with Crippen molar-refractivity contribution in [2.45, 2.75) is 25.4 Å². The van der Waals surface area contributed by atoms with Gasteiger partial charge in [-0.1, -0.05) is 12.0 Å². The van der Waals surface area contributed by atoms with Crippen LogP contribution in [0.4, 0.5) is 0 Å². The molecule has 5 heteroatoms. The third-order valence-corrected chi connectivity index (χ3v) is 2.51. The molecule has 1 rings (SSSR count). The van der Waals surface area contributed by atoms with Crippen LogP contribution in [0, 0.1) is 0 Å². The summed E-state index contributed by atoms with van der Waals surface area (Å²) in [4.78, 5) is 4.85. The fraction of sp³-hybridized carbons (Fsp3) is 1.00. The minimum absolute atomic E-state index is 0.194. The Hall–Kier alpha value is -0.770. The number of azide groups is 1. The standard InChI is InChI=1S/C8H16N4O/c1-2-12-5-3-4-8(13,7-12)6-10-11-9/h13H,2-7H2,1H3/t8-/m1/s1. The van der Waals surface area contributed by atoms with Gasteiger partial charge < -0.3 is 10.0 Å². The van der Waals surface area contributed by atoms with Gasteiger partial charge in [-0.3, -0.25) is 0 Å². The predicted molar refractivity (Wildman–Crippen MR) is 50.3 cm³/mol. The number of likely N-dealkylation sites (N-methyl/N-ethyl adjacent to an activating group) is 1. The van der Waals surface area contributed by atoms with Crippen LogP contribution in [0.1, 0.15) is 19.8 Å². The summed E-state index contributed by atoms with van der Waals surface area (Å²) in [6.45, 7) is 4.87. The minimum atomic E-state index is -0.791. The van der Waals surface area contributed by atoms with Crippen LogP contribution in [-0.2, 0) is 0 Å². The van der Waals surface area contributed by atoms with Crippen LogP contribution in [-0.4, -0.2) is 41.8 Å². The summed E-state index contributed by atoms with van der Waals surface area (Å²) < 4.78 is 0. The molecule has 1 N–H and O–H groups in total. The Kier molecular flexibility index (Phi) is 3.54. The van der Waals surface area contributed by atoms with Crippen molar-refractivity contribution in [2.75, 3.05) is 26.2 Å². The third kappa shape index (κ3) is 2.88. The van der Waals surface area contributed by atoms with Crippen molar-refractivity contribution >= 4 is 0 Å². The zero-order valence-corrected chi connectivity index (χ0v) is 7.98. The van der Waals surface area contributed by atoms with E-state index in [4.69, 9.17) is 5.53 Å². The van der Waals surface area contributed by atoms with Crippen molar-refractivity contribution < 1.29 is 5.11 Å². The van der Waals surface area contributed by atoms with Crippen LogP contribution in [0.5, 0.6) is 0 Å². The maximum absolute atomic E-state index is 10.00. The molecule has 74 valence electrons. The summed E-state index contributed by atoms with van der Waals surface area (Å²) in [7, 11) is 0. The summed E-state index contributed by atoms with van der Waals surface area (Å²) in [6.07, 6.45) is 1.72. The van der Waals surface area contributed by atoms with Crippen molar-refractivity contribution in [3.05, 3.63) is 10.4 Å².